The summed E-state index contributed by atoms with van der Waals surface area (Å²) >= 11 is 0. The van der Waals surface area contributed by atoms with E-state index >= 15 is 0 Å². The molecule has 3 aliphatic rings. The summed E-state index contributed by atoms with van der Waals surface area (Å²) in [7, 11) is 0. The molecule has 0 aromatic carbocycles. The van der Waals surface area contributed by atoms with Crippen LogP contribution < -0.4 is 0 Å². The normalized spacial score (nSPS) is 51.6. The standard InChI is InChI=1S/C15H22O5/c1-7-11-12(17)14(3)8(2)10(16)5-4-9(14)6-15(11,19)20-13(7)18/h8-10,12,16-17,19H,4-6H2,1-3H3. The third-order valence-corrected chi connectivity index (χ3v) is 6.03. The zero-order valence-electron chi connectivity index (χ0n) is 12.1. The highest BCUT2D eigenvalue weighted by atomic mass is 16.7. The number of ether oxygens (including phenoxy) is 1. The molecule has 2 saturated carbocycles. The number of esters is 1. The van der Waals surface area contributed by atoms with Crippen molar-refractivity contribution in [2.75, 3.05) is 0 Å². The van der Waals surface area contributed by atoms with Gasteiger partial charge in [-0.2, -0.15) is 0 Å². The van der Waals surface area contributed by atoms with E-state index in [1.807, 2.05) is 13.8 Å². The van der Waals surface area contributed by atoms with Crippen LogP contribution >= 0.6 is 0 Å². The summed E-state index contributed by atoms with van der Waals surface area (Å²) in [6.45, 7) is 5.45. The van der Waals surface area contributed by atoms with Gasteiger partial charge in [0.1, 0.15) is 0 Å². The molecule has 20 heavy (non-hydrogen) atoms. The van der Waals surface area contributed by atoms with Gasteiger partial charge >= 0.3 is 5.97 Å². The Morgan fingerprint density at radius 1 is 1.30 bits per heavy atom. The van der Waals surface area contributed by atoms with Gasteiger partial charge in [-0.25, -0.2) is 4.79 Å². The number of hydrogen-bond donors (Lipinski definition) is 3. The molecule has 0 aromatic heterocycles. The molecule has 112 valence electrons. The molecule has 0 spiro atoms. The van der Waals surface area contributed by atoms with Crippen LogP contribution in [0.4, 0.5) is 0 Å². The second kappa shape index (κ2) is 4.06. The minimum absolute atomic E-state index is 0.0170. The number of rotatable bonds is 0. The van der Waals surface area contributed by atoms with Gasteiger partial charge in [0.25, 0.3) is 0 Å². The SMILES string of the molecule is CC1=C2C(O)C3(C)C(CCC(O)C3C)CC2(O)OC1=O. The summed E-state index contributed by atoms with van der Waals surface area (Å²) in [4.78, 5) is 11.7. The van der Waals surface area contributed by atoms with Crippen molar-refractivity contribution in [3.63, 3.8) is 0 Å². The van der Waals surface area contributed by atoms with Gasteiger partial charge in [-0.05, 0) is 31.6 Å². The van der Waals surface area contributed by atoms with Crippen molar-refractivity contribution in [2.45, 2.75) is 58.0 Å². The van der Waals surface area contributed by atoms with E-state index in [1.165, 1.54) is 0 Å². The predicted octanol–water partition coefficient (Wildman–Crippen LogP) is 0.726. The molecule has 1 heterocycles. The minimum atomic E-state index is -1.66. The van der Waals surface area contributed by atoms with Crippen molar-refractivity contribution in [3.8, 4) is 0 Å². The van der Waals surface area contributed by atoms with Crippen LogP contribution in [0.25, 0.3) is 0 Å². The Kier molecular flexibility index (Phi) is 2.85. The van der Waals surface area contributed by atoms with E-state index in [0.29, 0.717) is 30.4 Å². The lowest BCUT2D eigenvalue weighted by Crippen LogP contribution is -2.60. The molecule has 1 aliphatic heterocycles. The van der Waals surface area contributed by atoms with E-state index < -0.39 is 29.4 Å². The van der Waals surface area contributed by atoms with Crippen LogP contribution in [0.3, 0.4) is 0 Å². The van der Waals surface area contributed by atoms with Crippen LogP contribution in [0.2, 0.25) is 0 Å². The number of aliphatic hydroxyl groups excluding tert-OH is 2. The van der Waals surface area contributed by atoms with Crippen molar-refractivity contribution in [2.24, 2.45) is 17.3 Å². The van der Waals surface area contributed by atoms with Gasteiger partial charge in [0.15, 0.2) is 0 Å². The summed E-state index contributed by atoms with van der Waals surface area (Å²) in [5.41, 5.74) is 0.0446. The molecule has 0 saturated heterocycles. The van der Waals surface area contributed by atoms with E-state index in [1.54, 1.807) is 6.92 Å². The van der Waals surface area contributed by atoms with Crippen molar-refractivity contribution >= 4 is 5.97 Å². The van der Waals surface area contributed by atoms with Gasteiger partial charge < -0.3 is 20.1 Å². The highest BCUT2D eigenvalue weighted by molar-refractivity contribution is 5.92. The van der Waals surface area contributed by atoms with Crippen LogP contribution in [0, 0.1) is 17.3 Å². The van der Waals surface area contributed by atoms with Crippen molar-refractivity contribution < 1.29 is 24.9 Å². The zero-order valence-corrected chi connectivity index (χ0v) is 12.1. The third-order valence-electron chi connectivity index (χ3n) is 6.03. The van der Waals surface area contributed by atoms with E-state index in [2.05, 4.69) is 0 Å². The predicted molar refractivity (Wildman–Crippen MR) is 70.4 cm³/mol. The topological polar surface area (TPSA) is 87.0 Å². The highest BCUT2D eigenvalue weighted by Gasteiger charge is 2.63. The molecule has 0 radical (unpaired) electrons. The lowest BCUT2D eigenvalue weighted by molar-refractivity contribution is -0.228. The number of fused-ring (bicyclic) bond motifs is 2. The molecule has 0 amide bonds. The largest absolute Gasteiger partial charge is 0.426 e. The fourth-order valence-corrected chi connectivity index (χ4v) is 4.42. The molecule has 5 heteroatoms. The Labute approximate surface area is 118 Å². The first-order chi connectivity index (χ1) is 9.21. The van der Waals surface area contributed by atoms with Crippen LogP contribution in [-0.2, 0) is 9.53 Å². The minimum Gasteiger partial charge on any atom is -0.426 e. The van der Waals surface area contributed by atoms with Crippen LogP contribution in [0.1, 0.15) is 40.0 Å². The molecule has 5 nitrogen and oxygen atoms in total. The molecule has 0 bridgehead atoms. The first-order valence-corrected chi connectivity index (χ1v) is 7.25. The Morgan fingerprint density at radius 3 is 2.60 bits per heavy atom. The van der Waals surface area contributed by atoms with Crippen LogP contribution in [0.15, 0.2) is 11.1 Å². The summed E-state index contributed by atoms with van der Waals surface area (Å²) < 4.78 is 5.11. The van der Waals surface area contributed by atoms with E-state index in [9.17, 15) is 20.1 Å². The monoisotopic (exact) mass is 282 g/mol. The second-order valence-corrected chi connectivity index (χ2v) is 6.82. The molecule has 2 aliphatic carbocycles. The Morgan fingerprint density at radius 2 is 1.95 bits per heavy atom. The first-order valence-electron chi connectivity index (χ1n) is 7.25. The average Bonchev–Trinajstić information content (AvgIpc) is 2.60. The third kappa shape index (κ3) is 1.51. The molecule has 2 fully saturated rings. The Bertz CT molecular complexity index is 498. The first kappa shape index (κ1) is 14.0. The smallest absolute Gasteiger partial charge is 0.336 e. The van der Waals surface area contributed by atoms with Crippen LogP contribution in [0.5, 0.6) is 0 Å². The van der Waals surface area contributed by atoms with Gasteiger partial charge in [0.05, 0.1) is 12.2 Å². The summed E-state index contributed by atoms with van der Waals surface area (Å²) in [6, 6.07) is 0. The van der Waals surface area contributed by atoms with E-state index in [0.717, 1.165) is 0 Å². The zero-order chi connectivity index (χ0) is 14.9. The molecule has 0 aromatic rings. The number of carbonyl (C=O) groups is 1. The Balaban J connectivity index is 2.10. The lowest BCUT2D eigenvalue weighted by Gasteiger charge is -2.56. The fraction of sp³-hybridized carbons (Fsp3) is 0.800. The number of aliphatic hydroxyl groups is 3. The Hall–Kier alpha value is -0.910. The summed E-state index contributed by atoms with van der Waals surface area (Å²) in [5, 5.41) is 31.6. The molecule has 6 atom stereocenters. The van der Waals surface area contributed by atoms with E-state index in [-0.39, 0.29) is 11.8 Å². The number of hydrogen-bond acceptors (Lipinski definition) is 5. The van der Waals surface area contributed by atoms with Crippen molar-refractivity contribution in [3.05, 3.63) is 11.1 Å². The molecule has 3 rings (SSSR count). The van der Waals surface area contributed by atoms with Gasteiger partial charge in [0, 0.05) is 23.0 Å². The maximum Gasteiger partial charge on any atom is 0.336 e. The van der Waals surface area contributed by atoms with Gasteiger partial charge in [0.2, 0.25) is 5.79 Å². The van der Waals surface area contributed by atoms with Gasteiger partial charge in [-0.1, -0.05) is 13.8 Å². The second-order valence-electron chi connectivity index (χ2n) is 6.82. The maximum absolute atomic E-state index is 11.7. The van der Waals surface area contributed by atoms with Crippen molar-refractivity contribution in [1.29, 1.82) is 0 Å². The average molecular weight is 282 g/mol. The summed E-state index contributed by atoms with van der Waals surface area (Å²) in [6.07, 6.45) is 0.232. The van der Waals surface area contributed by atoms with E-state index in [4.69, 9.17) is 4.74 Å². The maximum atomic E-state index is 11.7. The molecule has 6 unspecified atom stereocenters. The van der Waals surface area contributed by atoms with Crippen molar-refractivity contribution in [1.82, 2.24) is 0 Å². The fourth-order valence-electron chi connectivity index (χ4n) is 4.42. The molecule has 3 N–H and O–H groups in total. The lowest BCUT2D eigenvalue weighted by atomic mass is 9.51. The highest BCUT2D eigenvalue weighted by Crippen LogP contribution is 2.59. The van der Waals surface area contributed by atoms with Gasteiger partial charge in [-0.3, -0.25) is 0 Å². The van der Waals surface area contributed by atoms with Gasteiger partial charge in [-0.15, -0.1) is 0 Å². The van der Waals surface area contributed by atoms with Crippen LogP contribution in [-0.4, -0.2) is 39.3 Å². The quantitative estimate of drug-likeness (QED) is 0.570. The molecular formula is C15H22O5. The number of carbonyl (C=O) groups excluding carboxylic acids is 1. The summed E-state index contributed by atoms with van der Waals surface area (Å²) in [5.74, 6) is -2.30. The molecular weight excluding hydrogens is 260 g/mol.